The van der Waals surface area contributed by atoms with Gasteiger partial charge in [0.15, 0.2) is 4.34 Å². The fraction of sp³-hybridized carbons (Fsp3) is 0.150. The van der Waals surface area contributed by atoms with Crippen LogP contribution < -0.4 is 10.2 Å². The fourth-order valence-corrected chi connectivity index (χ4v) is 4.77. The van der Waals surface area contributed by atoms with Gasteiger partial charge in [0.05, 0.1) is 16.9 Å². The molecule has 2 amide bonds. The number of benzene rings is 2. The highest BCUT2D eigenvalue weighted by Gasteiger charge is 2.24. The minimum atomic E-state index is -1.18. The number of nitrogens with one attached hydrogen (secondary N) is 1. The van der Waals surface area contributed by atoms with Crippen LogP contribution in [0.1, 0.15) is 26.3 Å². The number of carbonyl (C=O) groups is 3. The zero-order chi connectivity index (χ0) is 21.1. The number of nitrogens with zero attached hydrogens (tertiary/aromatic N) is 3. The van der Waals surface area contributed by atoms with Crippen LogP contribution in [-0.4, -0.2) is 45.4 Å². The number of carboxylic acids is 1. The Hall–Kier alpha value is -3.24. The molecule has 0 saturated carbocycles. The van der Waals surface area contributed by atoms with Gasteiger partial charge in [-0.3, -0.25) is 14.9 Å². The molecule has 0 radical (unpaired) electrons. The van der Waals surface area contributed by atoms with Crippen LogP contribution in [0.5, 0.6) is 0 Å². The normalized spacial score (nSPS) is 12.5. The van der Waals surface area contributed by atoms with Crippen molar-refractivity contribution >= 4 is 51.7 Å². The molecular formula is C20H16N4O4S2. The van der Waals surface area contributed by atoms with Gasteiger partial charge in [-0.2, -0.15) is 0 Å². The number of aromatic carboxylic acids is 1. The minimum Gasteiger partial charge on any atom is -0.478 e. The molecule has 0 atom stereocenters. The zero-order valence-corrected chi connectivity index (χ0v) is 17.2. The minimum absolute atomic E-state index is 0.0129. The van der Waals surface area contributed by atoms with Gasteiger partial charge in [0.2, 0.25) is 11.0 Å². The van der Waals surface area contributed by atoms with E-state index in [1.165, 1.54) is 29.5 Å². The number of carbonyl (C=O) groups excluding carboxylic acids is 2. The first-order valence-corrected chi connectivity index (χ1v) is 10.8. The van der Waals surface area contributed by atoms with E-state index in [4.69, 9.17) is 0 Å². The largest absolute Gasteiger partial charge is 0.478 e. The molecule has 4 rings (SSSR count). The Labute approximate surface area is 179 Å². The second kappa shape index (κ2) is 8.64. The Morgan fingerprint density at radius 2 is 1.80 bits per heavy atom. The molecule has 0 spiro atoms. The summed E-state index contributed by atoms with van der Waals surface area (Å²) in [5.74, 6) is -1.57. The van der Waals surface area contributed by atoms with Crippen LogP contribution in [0.15, 0.2) is 52.9 Å². The number of fused-ring (bicyclic) bond motifs is 1. The Bertz CT molecular complexity index is 1130. The molecule has 0 saturated heterocycles. The number of para-hydroxylation sites is 1. The third-order valence-electron chi connectivity index (χ3n) is 4.54. The molecule has 30 heavy (non-hydrogen) atoms. The Balaban J connectivity index is 1.37. The molecule has 152 valence electrons. The summed E-state index contributed by atoms with van der Waals surface area (Å²) in [7, 11) is 0. The maximum Gasteiger partial charge on any atom is 0.336 e. The molecule has 0 fully saturated rings. The van der Waals surface area contributed by atoms with E-state index < -0.39 is 11.9 Å². The van der Waals surface area contributed by atoms with E-state index in [1.807, 2.05) is 24.3 Å². The van der Waals surface area contributed by atoms with Crippen LogP contribution in [0.3, 0.4) is 0 Å². The lowest BCUT2D eigenvalue weighted by molar-refractivity contribution is -0.116. The van der Waals surface area contributed by atoms with Crippen LogP contribution in [0, 0.1) is 0 Å². The van der Waals surface area contributed by atoms with Crippen molar-refractivity contribution in [2.45, 2.75) is 10.8 Å². The fourth-order valence-electron chi connectivity index (χ4n) is 3.15. The summed E-state index contributed by atoms with van der Waals surface area (Å²) < 4.78 is 0.539. The standard InChI is InChI=1S/C20H16N4O4S2/c25-16(24-10-9-12-5-1-4-8-15(12)24)11-29-20-23-22-19(30-20)21-17(26)13-6-2-3-7-14(13)18(27)28/h1-8H,9-11H2,(H,27,28)(H,21,22,26). The number of thioether (sulfide) groups is 1. The smallest absolute Gasteiger partial charge is 0.336 e. The van der Waals surface area contributed by atoms with E-state index in [0.717, 1.165) is 23.4 Å². The molecule has 2 N–H and O–H groups in total. The SMILES string of the molecule is O=C(O)c1ccccc1C(=O)Nc1nnc(SCC(=O)N2CCc3ccccc32)s1. The third kappa shape index (κ3) is 4.19. The lowest BCUT2D eigenvalue weighted by Crippen LogP contribution is -2.30. The summed E-state index contributed by atoms with van der Waals surface area (Å²) in [5, 5.41) is 19.9. The number of anilines is 2. The zero-order valence-electron chi connectivity index (χ0n) is 15.6. The van der Waals surface area contributed by atoms with Crippen molar-refractivity contribution in [3.05, 3.63) is 65.2 Å². The number of carboxylic acid groups (broad SMARTS) is 1. The predicted molar refractivity (Wildman–Crippen MR) is 114 cm³/mol. The highest BCUT2D eigenvalue weighted by Crippen LogP contribution is 2.30. The molecule has 10 heteroatoms. The lowest BCUT2D eigenvalue weighted by Gasteiger charge is -2.16. The van der Waals surface area contributed by atoms with Crippen molar-refractivity contribution < 1.29 is 19.5 Å². The summed E-state index contributed by atoms with van der Waals surface area (Å²) in [6.45, 7) is 0.666. The molecule has 1 aromatic heterocycles. The molecule has 1 aliphatic heterocycles. The van der Waals surface area contributed by atoms with Gasteiger partial charge < -0.3 is 10.0 Å². The van der Waals surface area contributed by atoms with Crippen molar-refractivity contribution in [3.8, 4) is 0 Å². The second-order valence-electron chi connectivity index (χ2n) is 6.39. The molecule has 2 heterocycles. The first-order valence-electron chi connectivity index (χ1n) is 9.01. The summed E-state index contributed by atoms with van der Waals surface area (Å²) in [5.41, 5.74) is 2.06. The van der Waals surface area contributed by atoms with Crippen molar-refractivity contribution in [3.63, 3.8) is 0 Å². The Kier molecular flexibility index (Phi) is 5.77. The van der Waals surface area contributed by atoms with Crippen LogP contribution in [0.4, 0.5) is 10.8 Å². The molecular weight excluding hydrogens is 424 g/mol. The quantitative estimate of drug-likeness (QED) is 0.447. The predicted octanol–water partition coefficient (Wildman–Crippen LogP) is 3.17. The number of aromatic nitrogens is 2. The molecule has 8 nitrogen and oxygen atoms in total. The average molecular weight is 441 g/mol. The second-order valence-corrected chi connectivity index (χ2v) is 8.59. The van der Waals surface area contributed by atoms with E-state index in [1.54, 1.807) is 17.0 Å². The van der Waals surface area contributed by atoms with E-state index in [9.17, 15) is 19.5 Å². The number of amides is 2. The van der Waals surface area contributed by atoms with Gasteiger partial charge in [0.25, 0.3) is 5.91 Å². The maximum absolute atomic E-state index is 12.6. The summed E-state index contributed by atoms with van der Waals surface area (Å²) in [4.78, 5) is 38.0. The van der Waals surface area contributed by atoms with Crippen LogP contribution in [0.25, 0.3) is 0 Å². The van der Waals surface area contributed by atoms with Gasteiger partial charge in [-0.1, -0.05) is 53.4 Å². The highest BCUT2D eigenvalue weighted by atomic mass is 32.2. The van der Waals surface area contributed by atoms with Crippen LogP contribution >= 0.6 is 23.1 Å². The van der Waals surface area contributed by atoms with Gasteiger partial charge in [-0.05, 0) is 30.2 Å². The molecule has 3 aromatic rings. The van der Waals surface area contributed by atoms with Crippen molar-refractivity contribution in [2.24, 2.45) is 0 Å². The third-order valence-corrected chi connectivity index (χ3v) is 6.49. The van der Waals surface area contributed by atoms with E-state index in [0.29, 0.717) is 10.9 Å². The molecule has 1 aliphatic rings. The number of hydrogen-bond acceptors (Lipinski definition) is 7. The first-order chi connectivity index (χ1) is 14.5. The molecule has 2 aromatic carbocycles. The van der Waals surface area contributed by atoms with Crippen LogP contribution in [-0.2, 0) is 11.2 Å². The van der Waals surface area contributed by atoms with Crippen molar-refractivity contribution in [2.75, 3.05) is 22.5 Å². The highest BCUT2D eigenvalue weighted by molar-refractivity contribution is 8.01. The van der Waals surface area contributed by atoms with Gasteiger partial charge in [0, 0.05) is 12.2 Å². The average Bonchev–Trinajstić information content (AvgIpc) is 3.39. The van der Waals surface area contributed by atoms with Gasteiger partial charge in [0.1, 0.15) is 0 Å². The van der Waals surface area contributed by atoms with Gasteiger partial charge in [-0.15, -0.1) is 10.2 Å². The van der Waals surface area contributed by atoms with Crippen molar-refractivity contribution in [1.82, 2.24) is 10.2 Å². The van der Waals surface area contributed by atoms with E-state index in [2.05, 4.69) is 15.5 Å². The molecule has 0 aliphatic carbocycles. The molecule has 0 unspecified atom stereocenters. The first kappa shape index (κ1) is 20.0. The van der Waals surface area contributed by atoms with Gasteiger partial charge >= 0.3 is 5.97 Å². The summed E-state index contributed by atoms with van der Waals surface area (Å²) in [6.07, 6.45) is 0.847. The molecule has 0 bridgehead atoms. The number of rotatable bonds is 6. The lowest BCUT2D eigenvalue weighted by atomic mass is 10.1. The summed E-state index contributed by atoms with van der Waals surface area (Å²) in [6, 6.07) is 13.8. The topological polar surface area (TPSA) is 112 Å². The summed E-state index contributed by atoms with van der Waals surface area (Å²) >= 11 is 2.38. The Morgan fingerprint density at radius 3 is 2.60 bits per heavy atom. The maximum atomic E-state index is 12.6. The van der Waals surface area contributed by atoms with E-state index >= 15 is 0 Å². The van der Waals surface area contributed by atoms with E-state index in [-0.39, 0.29) is 27.9 Å². The number of hydrogen-bond donors (Lipinski definition) is 2. The monoisotopic (exact) mass is 440 g/mol. The van der Waals surface area contributed by atoms with Gasteiger partial charge in [-0.25, -0.2) is 4.79 Å². The van der Waals surface area contributed by atoms with Crippen molar-refractivity contribution in [1.29, 1.82) is 0 Å². The Morgan fingerprint density at radius 1 is 1.07 bits per heavy atom. The van der Waals surface area contributed by atoms with Crippen LogP contribution in [0.2, 0.25) is 0 Å².